The number of rotatable bonds is 8. The molecule has 0 radical (unpaired) electrons. The molecule has 0 aromatic carbocycles. The summed E-state index contributed by atoms with van der Waals surface area (Å²) in [5.41, 5.74) is 0. The minimum absolute atomic E-state index is 0.374. The molecule has 0 aromatic heterocycles. The zero-order chi connectivity index (χ0) is 10.8. The van der Waals surface area contributed by atoms with Gasteiger partial charge in [0.15, 0.2) is 6.10 Å². The molecule has 0 saturated carbocycles. The Morgan fingerprint density at radius 1 is 1.29 bits per heavy atom. The predicted molar refractivity (Wildman–Crippen MR) is 56.2 cm³/mol. The van der Waals surface area contributed by atoms with Gasteiger partial charge in [-0.2, -0.15) is 0 Å². The van der Waals surface area contributed by atoms with Crippen LogP contribution in [0, 0.1) is 0 Å². The first-order valence-corrected chi connectivity index (χ1v) is 5.20. The number of aliphatic carboxylic acids is 1. The average Bonchev–Trinajstić information content (AvgIpc) is 2.16. The van der Waals surface area contributed by atoms with Crippen LogP contribution in [0.2, 0.25) is 0 Å². The summed E-state index contributed by atoms with van der Waals surface area (Å²) in [5.74, 6) is -1.11. The van der Waals surface area contributed by atoms with Gasteiger partial charge in [0, 0.05) is 0 Å². The summed E-state index contributed by atoms with van der Waals surface area (Å²) < 4.78 is 0. The summed E-state index contributed by atoms with van der Waals surface area (Å²) in [4.78, 5) is 10.2. The van der Waals surface area contributed by atoms with Crippen molar-refractivity contribution in [1.82, 2.24) is 0 Å². The molecule has 3 heteroatoms. The fourth-order valence-electron chi connectivity index (χ4n) is 1.24. The van der Waals surface area contributed by atoms with Crippen molar-refractivity contribution < 1.29 is 15.0 Å². The lowest BCUT2D eigenvalue weighted by Crippen LogP contribution is -2.18. The molecule has 0 aliphatic carbocycles. The van der Waals surface area contributed by atoms with Crippen LogP contribution in [0.1, 0.15) is 45.4 Å². The lowest BCUT2D eigenvalue weighted by Gasteiger charge is -2.04. The van der Waals surface area contributed by atoms with Crippen LogP contribution < -0.4 is 0 Å². The Kier molecular flexibility index (Phi) is 8.24. The minimum Gasteiger partial charge on any atom is -0.479 e. The van der Waals surface area contributed by atoms with Crippen LogP contribution >= 0.6 is 0 Å². The Morgan fingerprint density at radius 3 is 2.50 bits per heavy atom. The van der Waals surface area contributed by atoms with Crippen LogP contribution in [0.5, 0.6) is 0 Å². The summed E-state index contributed by atoms with van der Waals surface area (Å²) in [6.07, 6.45) is 8.51. The van der Waals surface area contributed by atoms with Crippen molar-refractivity contribution in [2.45, 2.75) is 51.6 Å². The molecule has 0 spiro atoms. The maximum absolute atomic E-state index is 10.2. The summed E-state index contributed by atoms with van der Waals surface area (Å²) >= 11 is 0. The summed E-state index contributed by atoms with van der Waals surface area (Å²) in [6, 6.07) is 0. The molecule has 0 bridgehead atoms. The summed E-state index contributed by atoms with van der Waals surface area (Å²) in [7, 11) is 0. The number of unbranched alkanes of at least 4 members (excludes halogenated alkanes) is 4. The second-order valence-corrected chi connectivity index (χ2v) is 3.41. The summed E-state index contributed by atoms with van der Waals surface area (Å²) in [6.45, 7) is 2.00. The number of carboxylic acid groups (broad SMARTS) is 1. The molecule has 14 heavy (non-hydrogen) atoms. The zero-order valence-electron chi connectivity index (χ0n) is 8.78. The van der Waals surface area contributed by atoms with Crippen molar-refractivity contribution in [1.29, 1.82) is 0 Å². The highest BCUT2D eigenvalue weighted by atomic mass is 16.4. The van der Waals surface area contributed by atoms with Gasteiger partial charge in [0.2, 0.25) is 0 Å². The Bertz CT molecular complexity index is 175. The van der Waals surface area contributed by atoms with Crippen LogP contribution in [0.3, 0.4) is 0 Å². The van der Waals surface area contributed by atoms with Crippen LogP contribution in [-0.2, 0) is 4.79 Å². The molecule has 0 aromatic rings. The lowest BCUT2D eigenvalue weighted by molar-refractivity contribution is -0.146. The first-order chi connectivity index (χ1) is 6.68. The lowest BCUT2D eigenvalue weighted by atomic mass is 10.1. The highest BCUT2D eigenvalue weighted by Gasteiger charge is 2.11. The Morgan fingerprint density at radius 2 is 1.93 bits per heavy atom. The number of aliphatic hydroxyl groups is 1. The molecule has 3 nitrogen and oxygen atoms in total. The Hall–Kier alpha value is -0.830. The van der Waals surface area contributed by atoms with Gasteiger partial charge in [-0.25, -0.2) is 4.79 Å². The maximum atomic E-state index is 10.2. The topological polar surface area (TPSA) is 57.5 Å². The van der Waals surface area contributed by atoms with Gasteiger partial charge in [-0.3, -0.25) is 0 Å². The van der Waals surface area contributed by atoms with E-state index >= 15 is 0 Å². The van der Waals surface area contributed by atoms with Crippen LogP contribution in [-0.4, -0.2) is 22.3 Å². The monoisotopic (exact) mass is 200 g/mol. The van der Waals surface area contributed by atoms with Gasteiger partial charge in [0.1, 0.15) is 0 Å². The molecule has 0 fully saturated rings. The van der Waals surface area contributed by atoms with Crippen molar-refractivity contribution in [3.8, 4) is 0 Å². The minimum atomic E-state index is -1.18. The van der Waals surface area contributed by atoms with Crippen LogP contribution in [0.25, 0.3) is 0 Å². The quantitative estimate of drug-likeness (QED) is 0.467. The van der Waals surface area contributed by atoms with Crippen molar-refractivity contribution in [3.63, 3.8) is 0 Å². The molecule has 0 aliphatic heterocycles. The highest BCUT2D eigenvalue weighted by molar-refractivity contribution is 5.71. The van der Waals surface area contributed by atoms with E-state index in [4.69, 9.17) is 10.2 Å². The average molecular weight is 200 g/mol. The van der Waals surface area contributed by atoms with Crippen molar-refractivity contribution in [2.24, 2.45) is 0 Å². The van der Waals surface area contributed by atoms with E-state index in [1.54, 1.807) is 0 Å². The van der Waals surface area contributed by atoms with Gasteiger partial charge < -0.3 is 10.2 Å². The number of carbonyl (C=O) groups is 1. The zero-order valence-corrected chi connectivity index (χ0v) is 8.78. The number of allylic oxidation sites excluding steroid dienone is 2. The molecular weight excluding hydrogens is 180 g/mol. The second kappa shape index (κ2) is 8.75. The molecule has 2 N–H and O–H groups in total. The maximum Gasteiger partial charge on any atom is 0.332 e. The fourth-order valence-corrected chi connectivity index (χ4v) is 1.24. The van der Waals surface area contributed by atoms with Gasteiger partial charge in [-0.05, 0) is 26.2 Å². The van der Waals surface area contributed by atoms with E-state index in [1.807, 2.05) is 13.0 Å². The van der Waals surface area contributed by atoms with E-state index in [2.05, 4.69) is 6.08 Å². The van der Waals surface area contributed by atoms with E-state index in [0.29, 0.717) is 6.42 Å². The van der Waals surface area contributed by atoms with Gasteiger partial charge in [-0.15, -0.1) is 0 Å². The first-order valence-electron chi connectivity index (χ1n) is 5.20. The number of carboxylic acids is 1. The summed E-state index contributed by atoms with van der Waals surface area (Å²) in [5, 5.41) is 17.4. The van der Waals surface area contributed by atoms with E-state index in [-0.39, 0.29) is 0 Å². The van der Waals surface area contributed by atoms with Crippen molar-refractivity contribution in [2.75, 3.05) is 0 Å². The largest absolute Gasteiger partial charge is 0.479 e. The molecular formula is C11H20O3. The number of aliphatic hydroxyl groups excluding tert-OH is 1. The molecule has 0 saturated heterocycles. The molecule has 0 amide bonds. The third-order valence-corrected chi connectivity index (χ3v) is 2.12. The second-order valence-electron chi connectivity index (χ2n) is 3.41. The van der Waals surface area contributed by atoms with Crippen molar-refractivity contribution >= 4 is 5.97 Å². The van der Waals surface area contributed by atoms with Gasteiger partial charge in [0.05, 0.1) is 0 Å². The standard InChI is InChI=1S/C11H20O3/c1-2-3-4-5-6-7-8-9-10(12)11(13)14/h2-3,10,12H,4-9H2,1H3,(H,13,14)/b3-2+. The van der Waals surface area contributed by atoms with E-state index in [9.17, 15) is 4.79 Å². The fraction of sp³-hybridized carbons (Fsp3) is 0.727. The van der Waals surface area contributed by atoms with E-state index < -0.39 is 12.1 Å². The molecule has 1 unspecified atom stereocenters. The van der Waals surface area contributed by atoms with Gasteiger partial charge in [0.25, 0.3) is 0 Å². The Labute approximate surface area is 85.4 Å². The van der Waals surface area contributed by atoms with E-state index in [1.165, 1.54) is 0 Å². The Balaban J connectivity index is 3.17. The smallest absolute Gasteiger partial charge is 0.332 e. The number of hydrogen-bond acceptors (Lipinski definition) is 2. The number of hydrogen-bond donors (Lipinski definition) is 2. The highest BCUT2D eigenvalue weighted by Crippen LogP contribution is 2.07. The van der Waals surface area contributed by atoms with Crippen LogP contribution in [0.15, 0.2) is 12.2 Å². The normalized spacial score (nSPS) is 13.3. The predicted octanol–water partition coefficient (Wildman–Crippen LogP) is 2.35. The third kappa shape index (κ3) is 7.80. The van der Waals surface area contributed by atoms with Gasteiger partial charge in [-0.1, -0.05) is 31.4 Å². The SMILES string of the molecule is C/C=C/CCCCCCC(O)C(=O)O. The molecule has 82 valence electrons. The first kappa shape index (κ1) is 13.2. The van der Waals surface area contributed by atoms with Crippen molar-refractivity contribution in [3.05, 3.63) is 12.2 Å². The third-order valence-electron chi connectivity index (χ3n) is 2.12. The molecule has 0 rings (SSSR count). The molecule has 0 aliphatic rings. The van der Waals surface area contributed by atoms with Crippen LogP contribution in [0.4, 0.5) is 0 Å². The van der Waals surface area contributed by atoms with Gasteiger partial charge >= 0.3 is 5.97 Å². The molecule has 1 atom stereocenters. The molecule has 0 heterocycles. The van der Waals surface area contributed by atoms with E-state index in [0.717, 1.165) is 32.1 Å².